The van der Waals surface area contributed by atoms with E-state index in [0.29, 0.717) is 6.04 Å². The summed E-state index contributed by atoms with van der Waals surface area (Å²) in [6.07, 6.45) is 3.42. The van der Waals surface area contributed by atoms with Crippen LogP contribution in [-0.2, 0) is 17.6 Å². The van der Waals surface area contributed by atoms with Crippen molar-refractivity contribution in [3.63, 3.8) is 0 Å². The first-order chi connectivity index (χ1) is 8.69. The van der Waals surface area contributed by atoms with Crippen LogP contribution in [0.1, 0.15) is 62.7 Å². The Morgan fingerprint density at radius 1 is 1.33 bits per heavy atom. The summed E-state index contributed by atoms with van der Waals surface area (Å²) < 4.78 is 7.57. The summed E-state index contributed by atoms with van der Waals surface area (Å²) in [7, 11) is 0. The molecule has 0 bridgehead atoms. The molecule has 1 aliphatic rings. The normalized spacial score (nSPS) is 19.1. The lowest BCUT2D eigenvalue weighted by Gasteiger charge is -2.24. The lowest BCUT2D eigenvalue weighted by Crippen LogP contribution is -2.22. The van der Waals surface area contributed by atoms with E-state index in [4.69, 9.17) is 9.84 Å². The summed E-state index contributed by atoms with van der Waals surface area (Å²) in [5.41, 5.74) is 3.30. The molecule has 0 amide bonds. The van der Waals surface area contributed by atoms with E-state index in [9.17, 15) is 5.11 Å². The van der Waals surface area contributed by atoms with Gasteiger partial charge >= 0.3 is 0 Å². The van der Waals surface area contributed by atoms with Crippen molar-refractivity contribution in [3.05, 3.63) is 17.0 Å². The highest BCUT2D eigenvalue weighted by atomic mass is 16.5. The Hall–Kier alpha value is -0.870. The monoisotopic (exact) mass is 252 g/mol. The van der Waals surface area contributed by atoms with Crippen LogP contribution in [0, 0.1) is 0 Å². The Bertz CT molecular complexity index is 393. The van der Waals surface area contributed by atoms with Crippen molar-refractivity contribution >= 4 is 0 Å². The zero-order chi connectivity index (χ0) is 13.1. The van der Waals surface area contributed by atoms with E-state index in [1.165, 1.54) is 5.69 Å². The van der Waals surface area contributed by atoms with Crippen LogP contribution in [0.5, 0.6) is 0 Å². The maximum atomic E-state index is 9.98. The van der Waals surface area contributed by atoms with Gasteiger partial charge in [0, 0.05) is 24.5 Å². The van der Waals surface area contributed by atoms with Crippen molar-refractivity contribution in [2.45, 2.75) is 58.6 Å². The van der Waals surface area contributed by atoms with Crippen LogP contribution in [-0.4, -0.2) is 28.1 Å². The van der Waals surface area contributed by atoms with Gasteiger partial charge in [-0.3, -0.25) is 4.68 Å². The van der Waals surface area contributed by atoms with Gasteiger partial charge in [-0.05, 0) is 32.6 Å². The topological polar surface area (TPSA) is 47.3 Å². The minimum absolute atomic E-state index is 0.427. The first-order valence-corrected chi connectivity index (χ1v) is 7.04. The number of aliphatic hydroxyl groups is 1. The molecule has 1 unspecified atom stereocenters. The quantitative estimate of drug-likeness (QED) is 0.895. The Morgan fingerprint density at radius 3 is 2.50 bits per heavy atom. The second-order valence-electron chi connectivity index (χ2n) is 4.98. The number of ether oxygens (including phenoxy) is 1. The van der Waals surface area contributed by atoms with Gasteiger partial charge in [0.2, 0.25) is 0 Å². The zero-order valence-corrected chi connectivity index (χ0v) is 11.6. The fourth-order valence-electron chi connectivity index (χ4n) is 2.86. The van der Waals surface area contributed by atoms with Crippen molar-refractivity contribution < 1.29 is 9.84 Å². The Kier molecular flexibility index (Phi) is 4.40. The lowest BCUT2D eigenvalue weighted by molar-refractivity contribution is 0.0652. The molecule has 1 N–H and O–H groups in total. The smallest absolute Gasteiger partial charge is 0.0798 e. The largest absolute Gasteiger partial charge is 0.389 e. The molecule has 18 heavy (non-hydrogen) atoms. The zero-order valence-electron chi connectivity index (χ0n) is 11.6. The summed E-state index contributed by atoms with van der Waals surface area (Å²) in [5.74, 6) is 0. The van der Waals surface area contributed by atoms with E-state index < -0.39 is 6.10 Å². The number of aliphatic hydroxyl groups excluding tert-OH is 1. The van der Waals surface area contributed by atoms with Crippen LogP contribution in [0.15, 0.2) is 0 Å². The van der Waals surface area contributed by atoms with Crippen molar-refractivity contribution in [2.24, 2.45) is 0 Å². The standard InChI is InChI=1S/C14H24N2O2/c1-4-12-14(10(3)17)13(5-2)16(15-12)11-6-8-18-9-7-11/h10-11,17H,4-9H2,1-3H3. The van der Waals surface area contributed by atoms with Gasteiger partial charge in [0.15, 0.2) is 0 Å². The van der Waals surface area contributed by atoms with Crippen LogP contribution < -0.4 is 0 Å². The summed E-state index contributed by atoms with van der Waals surface area (Å²) in [6, 6.07) is 0.437. The molecule has 1 saturated heterocycles. The average Bonchev–Trinajstić information content (AvgIpc) is 2.78. The highest BCUT2D eigenvalue weighted by Crippen LogP contribution is 2.29. The third kappa shape index (κ3) is 2.45. The highest BCUT2D eigenvalue weighted by molar-refractivity contribution is 5.29. The van der Waals surface area contributed by atoms with E-state index in [2.05, 4.69) is 18.5 Å². The molecule has 1 aromatic heterocycles. The average molecular weight is 252 g/mol. The maximum absolute atomic E-state index is 9.98. The summed E-state index contributed by atoms with van der Waals surface area (Å²) in [6.45, 7) is 7.71. The molecule has 102 valence electrons. The van der Waals surface area contributed by atoms with Crippen molar-refractivity contribution in [3.8, 4) is 0 Å². The fourth-order valence-corrected chi connectivity index (χ4v) is 2.86. The van der Waals surface area contributed by atoms with Gasteiger partial charge in [-0.15, -0.1) is 0 Å². The van der Waals surface area contributed by atoms with Crippen molar-refractivity contribution in [2.75, 3.05) is 13.2 Å². The van der Waals surface area contributed by atoms with E-state index in [1.807, 2.05) is 6.92 Å². The van der Waals surface area contributed by atoms with Gasteiger partial charge < -0.3 is 9.84 Å². The van der Waals surface area contributed by atoms with Crippen LogP contribution in [0.4, 0.5) is 0 Å². The summed E-state index contributed by atoms with van der Waals surface area (Å²) in [4.78, 5) is 0. The van der Waals surface area contributed by atoms with Crippen molar-refractivity contribution in [1.82, 2.24) is 9.78 Å². The molecule has 0 aromatic carbocycles. The predicted octanol–water partition coefficient (Wildman–Crippen LogP) is 2.41. The predicted molar refractivity (Wildman–Crippen MR) is 70.7 cm³/mol. The molecule has 1 atom stereocenters. The number of aryl methyl sites for hydroxylation is 1. The molecule has 0 radical (unpaired) electrons. The van der Waals surface area contributed by atoms with Gasteiger partial charge in [0.05, 0.1) is 17.8 Å². The maximum Gasteiger partial charge on any atom is 0.0798 e. The van der Waals surface area contributed by atoms with E-state index in [0.717, 1.165) is 50.2 Å². The molecule has 0 spiro atoms. The lowest BCUT2D eigenvalue weighted by atomic mass is 10.0. The van der Waals surface area contributed by atoms with Gasteiger partial charge in [-0.1, -0.05) is 13.8 Å². The molecular weight excluding hydrogens is 228 g/mol. The molecular formula is C14H24N2O2. The minimum atomic E-state index is -0.427. The molecule has 1 fully saturated rings. The molecule has 0 saturated carbocycles. The summed E-state index contributed by atoms with van der Waals surface area (Å²) in [5, 5.41) is 14.7. The van der Waals surface area contributed by atoms with Crippen molar-refractivity contribution in [1.29, 1.82) is 0 Å². The van der Waals surface area contributed by atoms with Crippen LogP contribution >= 0.6 is 0 Å². The number of hydrogen-bond donors (Lipinski definition) is 1. The van der Waals surface area contributed by atoms with E-state index >= 15 is 0 Å². The first kappa shape index (κ1) is 13.6. The van der Waals surface area contributed by atoms with Gasteiger partial charge in [-0.2, -0.15) is 5.10 Å². The Morgan fingerprint density at radius 2 is 2.00 bits per heavy atom. The molecule has 1 aliphatic heterocycles. The second kappa shape index (κ2) is 5.85. The molecule has 1 aromatic rings. The number of hydrogen-bond acceptors (Lipinski definition) is 3. The fraction of sp³-hybridized carbons (Fsp3) is 0.786. The third-order valence-corrected chi connectivity index (χ3v) is 3.75. The molecule has 4 nitrogen and oxygen atoms in total. The highest BCUT2D eigenvalue weighted by Gasteiger charge is 2.24. The van der Waals surface area contributed by atoms with Crippen LogP contribution in [0.3, 0.4) is 0 Å². The first-order valence-electron chi connectivity index (χ1n) is 7.04. The third-order valence-electron chi connectivity index (χ3n) is 3.75. The number of aromatic nitrogens is 2. The Balaban J connectivity index is 2.39. The second-order valence-corrected chi connectivity index (χ2v) is 4.98. The van der Waals surface area contributed by atoms with E-state index in [-0.39, 0.29) is 0 Å². The molecule has 0 aliphatic carbocycles. The van der Waals surface area contributed by atoms with Crippen LogP contribution in [0.25, 0.3) is 0 Å². The molecule has 4 heteroatoms. The van der Waals surface area contributed by atoms with E-state index in [1.54, 1.807) is 0 Å². The minimum Gasteiger partial charge on any atom is -0.389 e. The SMILES string of the molecule is CCc1nn(C2CCOCC2)c(CC)c1C(C)O. The van der Waals surface area contributed by atoms with Gasteiger partial charge in [-0.25, -0.2) is 0 Å². The van der Waals surface area contributed by atoms with Crippen LogP contribution in [0.2, 0.25) is 0 Å². The van der Waals surface area contributed by atoms with Gasteiger partial charge in [0.25, 0.3) is 0 Å². The molecule has 2 rings (SSSR count). The summed E-state index contributed by atoms with van der Waals surface area (Å²) >= 11 is 0. The number of nitrogens with zero attached hydrogens (tertiary/aromatic N) is 2. The van der Waals surface area contributed by atoms with Gasteiger partial charge in [0.1, 0.15) is 0 Å². The number of rotatable bonds is 4. The molecule has 2 heterocycles. The Labute approximate surface area is 109 Å².